The van der Waals surface area contributed by atoms with Crippen molar-refractivity contribution >= 4 is 34.0 Å². The normalized spacial score (nSPS) is 11.8. The van der Waals surface area contributed by atoms with E-state index in [-0.39, 0.29) is 5.56 Å². The molecule has 0 N–H and O–H groups in total. The van der Waals surface area contributed by atoms with Crippen LogP contribution in [0.3, 0.4) is 0 Å². The first-order valence-corrected chi connectivity index (χ1v) is 10.7. The van der Waals surface area contributed by atoms with Crippen LogP contribution in [0.5, 0.6) is 17.2 Å². The third-order valence-electron chi connectivity index (χ3n) is 4.78. The van der Waals surface area contributed by atoms with Crippen molar-refractivity contribution in [3.8, 4) is 17.2 Å². The van der Waals surface area contributed by atoms with E-state index in [0.717, 1.165) is 11.1 Å². The van der Waals surface area contributed by atoms with Crippen LogP contribution in [0.15, 0.2) is 41.2 Å². The lowest BCUT2D eigenvalue weighted by Gasteiger charge is -2.13. The predicted molar refractivity (Wildman–Crippen MR) is 121 cm³/mol. The van der Waals surface area contributed by atoms with E-state index in [1.807, 2.05) is 30.3 Å². The monoisotopic (exact) mass is 457 g/mol. The maximum Gasteiger partial charge on any atom is 0.291 e. The van der Waals surface area contributed by atoms with E-state index in [1.165, 1.54) is 15.9 Å². The molecule has 0 aliphatic rings. The van der Waals surface area contributed by atoms with Gasteiger partial charge < -0.3 is 14.2 Å². The van der Waals surface area contributed by atoms with Gasteiger partial charge in [-0.3, -0.25) is 4.79 Å². The van der Waals surface area contributed by atoms with Crippen molar-refractivity contribution in [3.63, 3.8) is 0 Å². The molecule has 0 unspecified atom stereocenters. The van der Waals surface area contributed by atoms with Crippen LogP contribution in [0.2, 0.25) is 5.02 Å². The highest BCUT2D eigenvalue weighted by molar-refractivity contribution is 7.15. The molecule has 160 valence electrons. The predicted octanol–water partition coefficient (Wildman–Crippen LogP) is 3.16. The third-order valence-corrected chi connectivity index (χ3v) is 6.08. The average Bonchev–Trinajstić information content (AvgIpc) is 3.31. The number of hydrogen-bond acceptors (Lipinski definition) is 7. The molecule has 4 rings (SSSR count). The van der Waals surface area contributed by atoms with Crippen LogP contribution >= 0.6 is 22.9 Å². The summed E-state index contributed by atoms with van der Waals surface area (Å²) < 4.78 is 18.0. The fourth-order valence-corrected chi connectivity index (χ4v) is 4.36. The summed E-state index contributed by atoms with van der Waals surface area (Å²) in [4.78, 5) is 17.8. The van der Waals surface area contributed by atoms with Gasteiger partial charge in [0.2, 0.25) is 10.7 Å². The Balaban J connectivity index is 1.59. The Hall–Kier alpha value is -3.10. The second-order valence-electron chi connectivity index (χ2n) is 6.69. The van der Waals surface area contributed by atoms with Crippen molar-refractivity contribution in [2.45, 2.75) is 12.8 Å². The van der Waals surface area contributed by atoms with Gasteiger partial charge in [-0.25, -0.2) is 4.98 Å². The molecule has 9 heteroatoms. The topological polar surface area (TPSA) is 75.0 Å². The summed E-state index contributed by atoms with van der Waals surface area (Å²) >= 11 is 7.49. The molecule has 0 atom stereocenters. The molecule has 2 aromatic carbocycles. The molecule has 0 saturated heterocycles. The standard InChI is InChI=1S/C22H20ClN3O4S/c1-28-16-10-13(11-17(29-2)20(16)30-3)8-9-19-24-22-26(25-19)21(27)18(31-22)12-14-6-4-5-7-15(14)23/h4-7,10-12H,8-9H2,1-3H3/b18-12-. The van der Waals surface area contributed by atoms with Gasteiger partial charge in [0.05, 0.1) is 25.9 Å². The Kier molecular flexibility index (Phi) is 6.11. The number of fused-ring (bicyclic) bond motifs is 1. The number of aromatic nitrogens is 3. The second-order valence-corrected chi connectivity index (χ2v) is 8.11. The van der Waals surface area contributed by atoms with Crippen LogP contribution in [-0.2, 0) is 12.8 Å². The molecule has 0 aliphatic carbocycles. The zero-order valence-corrected chi connectivity index (χ0v) is 18.8. The largest absolute Gasteiger partial charge is 0.493 e. The zero-order chi connectivity index (χ0) is 22.0. The van der Waals surface area contributed by atoms with Gasteiger partial charge in [0.15, 0.2) is 17.3 Å². The van der Waals surface area contributed by atoms with Crippen molar-refractivity contribution < 1.29 is 14.2 Å². The van der Waals surface area contributed by atoms with Crippen LogP contribution in [0.4, 0.5) is 0 Å². The van der Waals surface area contributed by atoms with E-state index in [9.17, 15) is 4.79 Å². The Morgan fingerprint density at radius 1 is 1.06 bits per heavy atom. The lowest BCUT2D eigenvalue weighted by atomic mass is 10.1. The summed E-state index contributed by atoms with van der Waals surface area (Å²) in [5.41, 5.74) is 1.57. The van der Waals surface area contributed by atoms with Crippen molar-refractivity contribution in [1.82, 2.24) is 14.6 Å². The highest BCUT2D eigenvalue weighted by Gasteiger charge is 2.15. The molecule has 0 aliphatic heterocycles. The summed E-state index contributed by atoms with van der Waals surface area (Å²) in [5.74, 6) is 2.34. The molecular weight excluding hydrogens is 438 g/mol. The molecule has 2 aromatic heterocycles. The van der Waals surface area contributed by atoms with Gasteiger partial charge in [0, 0.05) is 11.4 Å². The molecule has 0 fully saturated rings. The van der Waals surface area contributed by atoms with Crippen molar-refractivity contribution in [2.75, 3.05) is 21.3 Å². The number of thiazole rings is 1. The van der Waals surface area contributed by atoms with Crippen molar-refractivity contribution in [1.29, 1.82) is 0 Å². The minimum atomic E-state index is -0.202. The first kappa shape index (κ1) is 21.1. The van der Waals surface area contributed by atoms with E-state index >= 15 is 0 Å². The van der Waals surface area contributed by atoms with E-state index in [1.54, 1.807) is 33.5 Å². The number of methoxy groups -OCH3 is 3. The molecule has 4 aromatic rings. The van der Waals surface area contributed by atoms with E-state index < -0.39 is 0 Å². The first-order chi connectivity index (χ1) is 15.0. The van der Waals surface area contributed by atoms with Crippen molar-refractivity contribution in [2.24, 2.45) is 0 Å². The average molecular weight is 458 g/mol. The van der Waals surface area contributed by atoms with E-state index in [0.29, 0.717) is 50.4 Å². The number of rotatable bonds is 7. The van der Waals surface area contributed by atoms with Gasteiger partial charge in [-0.05, 0) is 41.8 Å². The van der Waals surface area contributed by atoms with Crippen LogP contribution in [0.1, 0.15) is 17.0 Å². The maximum absolute atomic E-state index is 12.7. The fraction of sp³-hybridized carbons (Fsp3) is 0.227. The lowest BCUT2D eigenvalue weighted by molar-refractivity contribution is 0.324. The Labute approximate surface area is 187 Å². The number of aryl methyl sites for hydroxylation is 2. The number of benzene rings is 2. The quantitative estimate of drug-likeness (QED) is 0.424. The Morgan fingerprint density at radius 2 is 1.77 bits per heavy atom. The molecule has 0 spiro atoms. The minimum absolute atomic E-state index is 0.202. The molecule has 0 bridgehead atoms. The Morgan fingerprint density at radius 3 is 2.39 bits per heavy atom. The van der Waals surface area contributed by atoms with Crippen LogP contribution in [0.25, 0.3) is 11.0 Å². The van der Waals surface area contributed by atoms with Crippen molar-refractivity contribution in [3.05, 3.63) is 73.3 Å². The first-order valence-electron chi connectivity index (χ1n) is 9.47. The highest BCUT2D eigenvalue weighted by atomic mass is 35.5. The molecule has 7 nitrogen and oxygen atoms in total. The maximum atomic E-state index is 12.7. The lowest BCUT2D eigenvalue weighted by Crippen LogP contribution is -2.23. The van der Waals surface area contributed by atoms with Gasteiger partial charge in [0.25, 0.3) is 5.56 Å². The molecular formula is C22H20ClN3O4S. The van der Waals surface area contributed by atoms with Crippen LogP contribution < -0.4 is 24.3 Å². The molecule has 2 heterocycles. The highest BCUT2D eigenvalue weighted by Crippen LogP contribution is 2.38. The van der Waals surface area contributed by atoms with Gasteiger partial charge in [-0.2, -0.15) is 4.52 Å². The summed E-state index contributed by atoms with van der Waals surface area (Å²) in [7, 11) is 4.73. The van der Waals surface area contributed by atoms with Gasteiger partial charge in [-0.15, -0.1) is 5.10 Å². The Bertz CT molecular complexity index is 1320. The second kappa shape index (κ2) is 8.95. The summed E-state index contributed by atoms with van der Waals surface area (Å²) in [6.45, 7) is 0. The van der Waals surface area contributed by atoms with Gasteiger partial charge >= 0.3 is 0 Å². The van der Waals surface area contributed by atoms with Gasteiger partial charge in [0.1, 0.15) is 0 Å². The number of nitrogens with zero attached hydrogens (tertiary/aromatic N) is 3. The van der Waals surface area contributed by atoms with Gasteiger partial charge in [-0.1, -0.05) is 41.1 Å². The summed E-state index contributed by atoms with van der Waals surface area (Å²) in [6.07, 6.45) is 2.98. The number of hydrogen-bond donors (Lipinski definition) is 0. The SMILES string of the molecule is COc1cc(CCc2nc3s/c(=C\c4ccccc4Cl)c(=O)n3n2)cc(OC)c1OC. The molecule has 0 radical (unpaired) electrons. The summed E-state index contributed by atoms with van der Waals surface area (Å²) in [5, 5.41) is 4.98. The van der Waals surface area contributed by atoms with E-state index in [2.05, 4.69) is 10.1 Å². The van der Waals surface area contributed by atoms with Crippen LogP contribution in [0, 0.1) is 0 Å². The minimum Gasteiger partial charge on any atom is -0.493 e. The third kappa shape index (κ3) is 4.22. The van der Waals surface area contributed by atoms with Crippen LogP contribution in [-0.4, -0.2) is 35.9 Å². The number of halogens is 1. The number of ether oxygens (including phenoxy) is 3. The fourth-order valence-electron chi connectivity index (χ4n) is 3.25. The summed E-state index contributed by atoms with van der Waals surface area (Å²) in [6, 6.07) is 11.2. The molecule has 0 amide bonds. The molecule has 31 heavy (non-hydrogen) atoms. The molecule has 0 saturated carbocycles. The van der Waals surface area contributed by atoms with E-state index in [4.69, 9.17) is 25.8 Å². The smallest absolute Gasteiger partial charge is 0.291 e. The zero-order valence-electron chi connectivity index (χ0n) is 17.2.